The molecule has 13 heavy (non-hydrogen) atoms. The molecule has 2 atom stereocenters. The summed E-state index contributed by atoms with van der Waals surface area (Å²) in [5.74, 6) is 0.841. The zero-order valence-corrected chi connectivity index (χ0v) is 7.73. The van der Waals surface area contributed by atoms with E-state index in [1.165, 1.54) is 0 Å². The smallest absolute Gasteiger partial charge is 0.125 e. The highest BCUT2D eigenvalue weighted by atomic mass is 16.5. The second-order valence-corrected chi connectivity index (χ2v) is 3.44. The molecule has 1 aliphatic heterocycles. The van der Waals surface area contributed by atoms with Crippen molar-refractivity contribution in [2.75, 3.05) is 0 Å². The Morgan fingerprint density at radius 1 is 1.46 bits per heavy atom. The molecule has 2 heteroatoms. The van der Waals surface area contributed by atoms with Crippen molar-refractivity contribution in [1.82, 2.24) is 0 Å². The van der Waals surface area contributed by atoms with Crippen molar-refractivity contribution in [3.8, 4) is 5.75 Å². The van der Waals surface area contributed by atoms with Crippen LogP contribution in [-0.4, -0.2) is 11.2 Å². The van der Waals surface area contributed by atoms with E-state index in [0.29, 0.717) is 6.42 Å². The Morgan fingerprint density at radius 3 is 3.00 bits per heavy atom. The molecule has 1 heterocycles. The van der Waals surface area contributed by atoms with Crippen LogP contribution in [0.5, 0.6) is 5.75 Å². The van der Waals surface area contributed by atoms with E-state index < -0.39 is 0 Å². The third-order valence-corrected chi connectivity index (χ3v) is 2.51. The van der Waals surface area contributed by atoms with Gasteiger partial charge in [0.15, 0.2) is 0 Å². The molecule has 1 N–H and O–H groups in total. The number of aliphatic hydroxyl groups is 1. The van der Waals surface area contributed by atoms with Crippen molar-refractivity contribution in [2.24, 2.45) is 0 Å². The quantitative estimate of drug-likeness (QED) is 0.714. The number of hydrogen-bond donors (Lipinski definition) is 1. The highest BCUT2D eigenvalue weighted by Crippen LogP contribution is 2.34. The standard InChI is InChI=1S/C11H14O2/c1-2-8-7-10(12)9-5-3-4-6-11(9)13-8/h3-6,8,10,12H,2,7H2,1H3/t8-,10+/m1/s1. The lowest BCUT2D eigenvalue weighted by atomic mass is 9.98. The van der Waals surface area contributed by atoms with Gasteiger partial charge in [0, 0.05) is 12.0 Å². The Labute approximate surface area is 78.2 Å². The van der Waals surface area contributed by atoms with Crippen molar-refractivity contribution in [3.63, 3.8) is 0 Å². The van der Waals surface area contributed by atoms with E-state index in [9.17, 15) is 5.11 Å². The van der Waals surface area contributed by atoms with Crippen molar-refractivity contribution in [1.29, 1.82) is 0 Å². The molecule has 0 spiro atoms. The van der Waals surface area contributed by atoms with Crippen molar-refractivity contribution in [3.05, 3.63) is 29.8 Å². The number of fused-ring (bicyclic) bond motifs is 1. The Morgan fingerprint density at radius 2 is 2.23 bits per heavy atom. The molecule has 1 aliphatic rings. The fraction of sp³-hybridized carbons (Fsp3) is 0.455. The summed E-state index contributed by atoms with van der Waals surface area (Å²) in [6.07, 6.45) is 1.48. The first-order valence-electron chi connectivity index (χ1n) is 4.75. The molecule has 0 unspecified atom stereocenters. The monoisotopic (exact) mass is 178 g/mol. The van der Waals surface area contributed by atoms with Crippen LogP contribution >= 0.6 is 0 Å². The molecule has 0 fully saturated rings. The largest absolute Gasteiger partial charge is 0.490 e. The van der Waals surface area contributed by atoms with Gasteiger partial charge in [0.1, 0.15) is 11.9 Å². The third-order valence-electron chi connectivity index (χ3n) is 2.51. The molecular weight excluding hydrogens is 164 g/mol. The lowest BCUT2D eigenvalue weighted by Gasteiger charge is -2.28. The fourth-order valence-electron chi connectivity index (χ4n) is 1.72. The normalized spacial score (nSPS) is 26.3. The number of rotatable bonds is 1. The first-order chi connectivity index (χ1) is 6.31. The highest BCUT2D eigenvalue weighted by molar-refractivity contribution is 5.36. The SMILES string of the molecule is CC[C@@H]1C[C@H](O)c2ccccc2O1. The second-order valence-electron chi connectivity index (χ2n) is 3.44. The maximum atomic E-state index is 9.78. The minimum absolute atomic E-state index is 0.171. The predicted molar refractivity (Wildman–Crippen MR) is 50.7 cm³/mol. The summed E-state index contributed by atoms with van der Waals surface area (Å²) < 4.78 is 5.69. The van der Waals surface area contributed by atoms with Gasteiger partial charge in [-0.15, -0.1) is 0 Å². The van der Waals surface area contributed by atoms with Gasteiger partial charge in [-0.3, -0.25) is 0 Å². The van der Waals surface area contributed by atoms with Crippen LogP contribution in [0.2, 0.25) is 0 Å². The predicted octanol–water partition coefficient (Wildman–Crippen LogP) is 2.28. The molecule has 0 saturated carbocycles. The summed E-state index contributed by atoms with van der Waals surface area (Å²) in [6.45, 7) is 2.07. The van der Waals surface area contributed by atoms with E-state index in [2.05, 4.69) is 6.92 Å². The minimum Gasteiger partial charge on any atom is -0.490 e. The lowest BCUT2D eigenvalue weighted by molar-refractivity contribution is 0.0643. The van der Waals surface area contributed by atoms with E-state index in [1.54, 1.807) is 0 Å². The Balaban J connectivity index is 2.31. The number of para-hydroxylation sites is 1. The maximum absolute atomic E-state index is 9.78. The van der Waals surface area contributed by atoms with Crippen molar-refractivity contribution >= 4 is 0 Å². The van der Waals surface area contributed by atoms with Crippen LogP contribution in [0.1, 0.15) is 31.4 Å². The summed E-state index contributed by atoms with van der Waals surface area (Å²) in [7, 11) is 0. The van der Waals surface area contributed by atoms with Gasteiger partial charge in [0.05, 0.1) is 6.10 Å². The van der Waals surface area contributed by atoms with Crippen LogP contribution in [0.15, 0.2) is 24.3 Å². The van der Waals surface area contributed by atoms with E-state index >= 15 is 0 Å². The average Bonchev–Trinajstić information content (AvgIpc) is 2.18. The van der Waals surface area contributed by atoms with Gasteiger partial charge in [0.2, 0.25) is 0 Å². The van der Waals surface area contributed by atoms with Gasteiger partial charge in [-0.1, -0.05) is 25.1 Å². The van der Waals surface area contributed by atoms with Crippen LogP contribution in [0, 0.1) is 0 Å². The van der Waals surface area contributed by atoms with Gasteiger partial charge in [-0.05, 0) is 12.5 Å². The number of hydrogen-bond acceptors (Lipinski definition) is 2. The van der Waals surface area contributed by atoms with E-state index in [1.807, 2.05) is 24.3 Å². The second kappa shape index (κ2) is 3.38. The van der Waals surface area contributed by atoms with Gasteiger partial charge >= 0.3 is 0 Å². The minimum atomic E-state index is -0.352. The highest BCUT2D eigenvalue weighted by Gasteiger charge is 2.24. The van der Waals surface area contributed by atoms with Crippen LogP contribution in [0.4, 0.5) is 0 Å². The van der Waals surface area contributed by atoms with Crippen molar-refractivity contribution in [2.45, 2.75) is 32.0 Å². The Bertz CT molecular complexity index is 296. The molecule has 1 aromatic rings. The summed E-state index contributed by atoms with van der Waals surface area (Å²) in [6, 6.07) is 7.70. The molecule has 0 radical (unpaired) electrons. The summed E-state index contributed by atoms with van der Waals surface area (Å²) in [5.41, 5.74) is 0.923. The van der Waals surface area contributed by atoms with Gasteiger partial charge in [-0.2, -0.15) is 0 Å². The van der Waals surface area contributed by atoms with E-state index in [0.717, 1.165) is 17.7 Å². The zero-order chi connectivity index (χ0) is 9.26. The summed E-state index contributed by atoms with van der Waals surface area (Å²) >= 11 is 0. The molecule has 0 bridgehead atoms. The van der Waals surface area contributed by atoms with Crippen LogP contribution in [-0.2, 0) is 0 Å². The summed E-state index contributed by atoms with van der Waals surface area (Å²) in [4.78, 5) is 0. The van der Waals surface area contributed by atoms with Gasteiger partial charge < -0.3 is 9.84 Å². The van der Waals surface area contributed by atoms with Crippen LogP contribution < -0.4 is 4.74 Å². The first-order valence-corrected chi connectivity index (χ1v) is 4.75. The molecule has 2 nitrogen and oxygen atoms in total. The van der Waals surface area contributed by atoms with Crippen LogP contribution in [0.25, 0.3) is 0 Å². The molecule has 70 valence electrons. The topological polar surface area (TPSA) is 29.5 Å². The molecule has 0 saturated heterocycles. The zero-order valence-electron chi connectivity index (χ0n) is 7.73. The molecule has 0 aliphatic carbocycles. The van der Waals surface area contributed by atoms with E-state index in [-0.39, 0.29) is 12.2 Å². The summed E-state index contributed by atoms with van der Waals surface area (Å²) in [5, 5.41) is 9.78. The molecule has 2 rings (SSSR count). The van der Waals surface area contributed by atoms with E-state index in [4.69, 9.17) is 4.74 Å². The van der Waals surface area contributed by atoms with Gasteiger partial charge in [-0.25, -0.2) is 0 Å². The number of benzene rings is 1. The first kappa shape index (κ1) is 8.57. The molecule has 0 amide bonds. The average molecular weight is 178 g/mol. The van der Waals surface area contributed by atoms with Crippen molar-refractivity contribution < 1.29 is 9.84 Å². The number of aliphatic hydroxyl groups excluding tert-OH is 1. The number of ether oxygens (including phenoxy) is 1. The maximum Gasteiger partial charge on any atom is 0.125 e. The third kappa shape index (κ3) is 1.54. The fourth-order valence-corrected chi connectivity index (χ4v) is 1.72. The van der Waals surface area contributed by atoms with Crippen LogP contribution in [0.3, 0.4) is 0 Å². The van der Waals surface area contributed by atoms with Gasteiger partial charge in [0.25, 0.3) is 0 Å². The lowest BCUT2D eigenvalue weighted by Crippen LogP contribution is -2.24. The Hall–Kier alpha value is -1.02. The molecule has 1 aromatic carbocycles. The molecular formula is C11H14O2. The molecule has 0 aromatic heterocycles. The Kier molecular flexibility index (Phi) is 2.23.